The first-order valence-electron chi connectivity index (χ1n) is 8.12. The maximum Gasteiger partial charge on any atom is 0.387 e. The summed E-state index contributed by atoms with van der Waals surface area (Å²) in [5.74, 6) is 0.537. The number of benzene rings is 1. The number of thiazole rings is 1. The van der Waals surface area contributed by atoms with Crippen LogP contribution in [-0.4, -0.2) is 30.6 Å². The highest BCUT2D eigenvalue weighted by molar-refractivity contribution is 7.14. The van der Waals surface area contributed by atoms with Crippen molar-refractivity contribution in [2.45, 2.75) is 25.9 Å². The summed E-state index contributed by atoms with van der Waals surface area (Å²) in [6.07, 6.45) is 2.41. The molecule has 0 spiro atoms. The molecule has 26 heavy (non-hydrogen) atoms. The number of hydrogen-bond donors (Lipinski definition) is 2. The zero-order valence-corrected chi connectivity index (χ0v) is 15.5. The Morgan fingerprint density at radius 2 is 2.23 bits per heavy atom. The third kappa shape index (κ3) is 5.62. The maximum atomic E-state index is 12.5. The number of para-hydroxylation sites is 1. The Balaban J connectivity index is 0.00000243. The third-order valence-electron chi connectivity index (χ3n) is 4.07. The largest absolute Gasteiger partial charge is 0.434 e. The van der Waals surface area contributed by atoms with Gasteiger partial charge in [-0.2, -0.15) is 8.78 Å². The number of anilines is 1. The summed E-state index contributed by atoms with van der Waals surface area (Å²) < 4.78 is 29.5. The van der Waals surface area contributed by atoms with Crippen molar-refractivity contribution < 1.29 is 18.3 Å². The van der Waals surface area contributed by atoms with E-state index < -0.39 is 6.61 Å². The number of carbonyl (C=O) groups excluding carboxylic acids is 1. The Bertz CT molecular complexity index is 724. The Morgan fingerprint density at radius 1 is 1.42 bits per heavy atom. The lowest BCUT2D eigenvalue weighted by atomic mass is 10.0. The molecule has 2 aromatic rings. The first-order valence-corrected chi connectivity index (χ1v) is 9.00. The van der Waals surface area contributed by atoms with Crippen molar-refractivity contribution in [1.82, 2.24) is 10.3 Å². The highest BCUT2D eigenvalue weighted by atomic mass is 35.5. The van der Waals surface area contributed by atoms with E-state index in [1.807, 2.05) is 0 Å². The molecule has 5 nitrogen and oxygen atoms in total. The van der Waals surface area contributed by atoms with Crippen molar-refractivity contribution in [1.29, 1.82) is 0 Å². The summed E-state index contributed by atoms with van der Waals surface area (Å²) in [4.78, 5) is 16.4. The lowest BCUT2D eigenvalue weighted by Gasteiger charge is -2.08. The van der Waals surface area contributed by atoms with Gasteiger partial charge in [0.05, 0.1) is 5.69 Å². The SMILES string of the molecule is Cl.O=C(CCC1CCNC1)Nc1nc(-c2ccccc2OC(F)F)cs1. The Hall–Kier alpha value is -1.77. The van der Waals surface area contributed by atoms with Crippen LogP contribution in [0.15, 0.2) is 29.6 Å². The summed E-state index contributed by atoms with van der Waals surface area (Å²) in [6.45, 7) is -0.915. The second kappa shape index (κ2) is 9.80. The van der Waals surface area contributed by atoms with Gasteiger partial charge in [-0.05, 0) is 44.0 Å². The van der Waals surface area contributed by atoms with Crippen molar-refractivity contribution in [3.8, 4) is 17.0 Å². The van der Waals surface area contributed by atoms with E-state index in [1.165, 1.54) is 17.4 Å². The van der Waals surface area contributed by atoms with E-state index in [9.17, 15) is 13.6 Å². The first kappa shape index (κ1) is 20.5. The molecule has 142 valence electrons. The van der Waals surface area contributed by atoms with E-state index >= 15 is 0 Å². The molecular formula is C17H20ClF2N3O2S. The van der Waals surface area contributed by atoms with Crippen LogP contribution in [0.4, 0.5) is 13.9 Å². The molecule has 0 bridgehead atoms. The molecule has 0 aliphatic carbocycles. The number of carbonyl (C=O) groups is 1. The molecule has 1 aromatic heterocycles. The predicted molar refractivity (Wildman–Crippen MR) is 100 cm³/mol. The number of nitrogens with one attached hydrogen (secondary N) is 2. The smallest absolute Gasteiger partial charge is 0.387 e. The number of nitrogens with zero attached hydrogens (tertiary/aromatic N) is 1. The predicted octanol–water partition coefficient (Wildman–Crippen LogP) is 4.16. The molecule has 1 saturated heterocycles. The topological polar surface area (TPSA) is 63.2 Å². The average Bonchev–Trinajstić information content (AvgIpc) is 3.24. The van der Waals surface area contributed by atoms with Gasteiger partial charge in [0.2, 0.25) is 5.91 Å². The van der Waals surface area contributed by atoms with Crippen molar-refractivity contribution >= 4 is 34.8 Å². The molecule has 2 heterocycles. The quantitative estimate of drug-likeness (QED) is 0.728. The number of alkyl halides is 2. The highest BCUT2D eigenvalue weighted by Gasteiger charge is 2.17. The fourth-order valence-corrected chi connectivity index (χ4v) is 3.54. The molecule has 2 N–H and O–H groups in total. The van der Waals surface area contributed by atoms with Gasteiger partial charge < -0.3 is 15.4 Å². The van der Waals surface area contributed by atoms with E-state index in [1.54, 1.807) is 23.6 Å². The minimum atomic E-state index is -2.90. The van der Waals surface area contributed by atoms with Crippen molar-refractivity contribution in [3.63, 3.8) is 0 Å². The van der Waals surface area contributed by atoms with Gasteiger partial charge in [0.25, 0.3) is 0 Å². The van der Waals surface area contributed by atoms with Crippen LogP contribution in [0.25, 0.3) is 11.3 Å². The Labute approximate surface area is 160 Å². The van der Waals surface area contributed by atoms with Crippen LogP contribution in [0.5, 0.6) is 5.75 Å². The van der Waals surface area contributed by atoms with E-state index in [2.05, 4.69) is 20.4 Å². The monoisotopic (exact) mass is 403 g/mol. The molecule has 1 aliphatic rings. The van der Waals surface area contributed by atoms with Gasteiger partial charge in [-0.3, -0.25) is 4.79 Å². The van der Waals surface area contributed by atoms with Crippen LogP contribution in [-0.2, 0) is 4.79 Å². The molecule has 0 radical (unpaired) electrons. The zero-order chi connectivity index (χ0) is 17.6. The van der Waals surface area contributed by atoms with E-state index in [4.69, 9.17) is 0 Å². The molecule has 1 amide bonds. The molecule has 1 atom stereocenters. The average molecular weight is 404 g/mol. The number of aromatic nitrogens is 1. The van der Waals surface area contributed by atoms with Gasteiger partial charge >= 0.3 is 6.61 Å². The van der Waals surface area contributed by atoms with Gasteiger partial charge in [0, 0.05) is 17.4 Å². The number of ether oxygens (including phenoxy) is 1. The molecule has 0 saturated carbocycles. The normalized spacial score (nSPS) is 16.3. The summed E-state index contributed by atoms with van der Waals surface area (Å²) in [6, 6.07) is 6.47. The molecule has 1 aromatic carbocycles. The molecule has 1 fully saturated rings. The van der Waals surface area contributed by atoms with Crippen LogP contribution in [0.2, 0.25) is 0 Å². The lowest BCUT2D eigenvalue weighted by Crippen LogP contribution is -2.14. The van der Waals surface area contributed by atoms with Gasteiger partial charge in [-0.15, -0.1) is 23.7 Å². The van der Waals surface area contributed by atoms with E-state index in [-0.39, 0.29) is 24.1 Å². The van der Waals surface area contributed by atoms with Crippen molar-refractivity contribution in [2.75, 3.05) is 18.4 Å². The van der Waals surface area contributed by atoms with Crippen molar-refractivity contribution in [3.05, 3.63) is 29.6 Å². The maximum absolute atomic E-state index is 12.5. The van der Waals surface area contributed by atoms with Crippen LogP contribution in [0.1, 0.15) is 19.3 Å². The van der Waals surface area contributed by atoms with Crippen LogP contribution >= 0.6 is 23.7 Å². The third-order valence-corrected chi connectivity index (χ3v) is 4.83. The Kier molecular flexibility index (Phi) is 7.74. The number of rotatable bonds is 7. The van der Waals surface area contributed by atoms with Crippen molar-refractivity contribution in [2.24, 2.45) is 5.92 Å². The zero-order valence-electron chi connectivity index (χ0n) is 13.9. The fraction of sp³-hybridized carbons (Fsp3) is 0.412. The van der Waals surface area contributed by atoms with Crippen LogP contribution in [0, 0.1) is 5.92 Å². The highest BCUT2D eigenvalue weighted by Crippen LogP contribution is 2.33. The Morgan fingerprint density at radius 3 is 2.96 bits per heavy atom. The van der Waals surface area contributed by atoms with Gasteiger partial charge in [-0.1, -0.05) is 12.1 Å². The lowest BCUT2D eigenvalue weighted by molar-refractivity contribution is -0.116. The summed E-state index contributed by atoms with van der Waals surface area (Å²) >= 11 is 1.26. The van der Waals surface area contributed by atoms with E-state index in [0.29, 0.717) is 28.7 Å². The van der Waals surface area contributed by atoms with Crippen LogP contribution in [0.3, 0.4) is 0 Å². The molecule has 9 heteroatoms. The van der Waals surface area contributed by atoms with Gasteiger partial charge in [-0.25, -0.2) is 4.98 Å². The summed E-state index contributed by atoms with van der Waals surface area (Å²) in [5.41, 5.74) is 0.966. The molecule has 1 unspecified atom stereocenters. The summed E-state index contributed by atoms with van der Waals surface area (Å²) in [7, 11) is 0. The summed E-state index contributed by atoms with van der Waals surface area (Å²) in [5, 5.41) is 8.22. The minimum absolute atomic E-state index is 0. The molecule has 1 aliphatic heterocycles. The second-order valence-corrected chi connectivity index (χ2v) is 6.72. The minimum Gasteiger partial charge on any atom is -0.434 e. The van der Waals surface area contributed by atoms with Gasteiger partial charge in [0.15, 0.2) is 5.13 Å². The first-order chi connectivity index (χ1) is 12.1. The van der Waals surface area contributed by atoms with Gasteiger partial charge in [0.1, 0.15) is 5.75 Å². The fourth-order valence-electron chi connectivity index (χ4n) is 2.81. The number of hydrogen-bond acceptors (Lipinski definition) is 5. The molecular weight excluding hydrogens is 384 g/mol. The van der Waals surface area contributed by atoms with E-state index in [0.717, 1.165) is 25.9 Å². The standard InChI is InChI=1S/C17H19F2N3O2S.ClH/c18-16(19)24-14-4-2-1-3-12(14)13-10-25-17(21-13)22-15(23)6-5-11-7-8-20-9-11;/h1-4,10-11,16,20H,5-9H2,(H,21,22,23);1H. The number of amides is 1. The molecule has 3 rings (SSSR count). The van der Waals surface area contributed by atoms with Crippen LogP contribution < -0.4 is 15.4 Å². The second-order valence-electron chi connectivity index (χ2n) is 5.86. The number of halogens is 3.